The third kappa shape index (κ3) is 4.35. The van der Waals surface area contributed by atoms with Gasteiger partial charge >= 0.3 is 0 Å². The zero-order valence-electron chi connectivity index (χ0n) is 18.0. The number of anilines is 1. The number of hydrogen-bond acceptors (Lipinski definition) is 4. The fourth-order valence-electron chi connectivity index (χ4n) is 3.22. The lowest BCUT2D eigenvalue weighted by Gasteiger charge is -2.26. The summed E-state index contributed by atoms with van der Waals surface area (Å²) >= 11 is 0. The van der Waals surface area contributed by atoms with E-state index >= 15 is 0 Å². The Bertz CT molecular complexity index is 1020. The second-order valence-corrected chi connectivity index (χ2v) is 7.46. The summed E-state index contributed by atoms with van der Waals surface area (Å²) in [5, 5.41) is 21.2. The molecule has 1 atom stereocenters. The van der Waals surface area contributed by atoms with Gasteiger partial charge in [0, 0.05) is 22.6 Å². The van der Waals surface area contributed by atoms with Gasteiger partial charge in [0.15, 0.2) is 0 Å². The first-order valence-electron chi connectivity index (χ1n) is 10.1. The van der Waals surface area contributed by atoms with E-state index in [-0.39, 0.29) is 18.8 Å². The van der Waals surface area contributed by atoms with E-state index in [2.05, 4.69) is 0 Å². The maximum Gasteiger partial charge on any atom is 0.148 e. The third-order valence-electron chi connectivity index (χ3n) is 4.75. The van der Waals surface area contributed by atoms with Crippen LogP contribution in [0.2, 0.25) is 0 Å². The minimum atomic E-state index is -2.54. The van der Waals surface area contributed by atoms with E-state index in [4.69, 9.17) is 13.2 Å². The minimum absolute atomic E-state index is 0.0252. The molecular weight excluding hydrogens is 359 g/mol. The lowest BCUT2D eigenvalue weighted by Crippen LogP contribution is -2.29. The van der Waals surface area contributed by atoms with Crippen LogP contribution in [-0.2, 0) is 23.3 Å². The number of nitrogens with two attached hydrogens (primary N) is 1. The molecule has 0 bridgehead atoms. The van der Waals surface area contributed by atoms with Crippen molar-refractivity contribution in [1.82, 2.24) is 4.57 Å². The molecule has 0 saturated carbocycles. The van der Waals surface area contributed by atoms with E-state index in [0.29, 0.717) is 23.2 Å². The minimum Gasteiger partial charge on any atom is -0.396 e. The largest absolute Gasteiger partial charge is 0.396 e. The number of benzene rings is 2. The quantitative estimate of drug-likeness (QED) is 0.518. The number of hydrogen-bond donors (Lipinski definition) is 3. The van der Waals surface area contributed by atoms with Gasteiger partial charge in [-0.15, -0.1) is 0 Å². The molecule has 0 aliphatic heterocycles. The molecule has 6 heteroatoms. The molecule has 28 heavy (non-hydrogen) atoms. The Morgan fingerprint density at radius 3 is 2.64 bits per heavy atom. The molecule has 0 radical (unpaired) electrons. The second-order valence-electron chi connectivity index (χ2n) is 7.46. The average molecular weight is 388 g/mol. The smallest absolute Gasteiger partial charge is 0.148 e. The van der Waals surface area contributed by atoms with Gasteiger partial charge < -0.3 is 25.3 Å². The maximum absolute atomic E-state index is 14.1. The first-order chi connectivity index (χ1) is 14.0. The lowest BCUT2D eigenvalue weighted by atomic mass is 9.90. The highest BCUT2D eigenvalue weighted by atomic mass is 19.1. The Kier molecular flexibility index (Phi) is 5.24. The fraction of sp³-hybridized carbons (Fsp3) is 0.364. The third-order valence-corrected chi connectivity index (χ3v) is 4.75. The molecule has 0 spiro atoms. The summed E-state index contributed by atoms with van der Waals surface area (Å²) in [5.41, 5.74) is 6.17. The normalized spacial score (nSPS) is 14.8. The van der Waals surface area contributed by atoms with E-state index in [1.165, 1.54) is 12.1 Å². The van der Waals surface area contributed by atoms with Gasteiger partial charge in [-0.2, -0.15) is 0 Å². The summed E-state index contributed by atoms with van der Waals surface area (Å²) in [6.07, 6.45) is -0.927. The predicted molar refractivity (Wildman–Crippen MR) is 109 cm³/mol. The SMILES string of the molecule is [2H]C([2H])(O)C(C)(C)c1cc2cc(N)c(F)cc2n1C[C@@H](O)COCc1ccccc1. The Hall–Kier alpha value is -2.41. The maximum atomic E-state index is 14.1. The monoisotopic (exact) mass is 388 g/mol. The van der Waals surface area contributed by atoms with Crippen LogP contribution in [0.5, 0.6) is 0 Å². The van der Waals surface area contributed by atoms with Crippen LogP contribution in [0.15, 0.2) is 48.5 Å². The first kappa shape index (κ1) is 17.7. The van der Waals surface area contributed by atoms with Gasteiger partial charge in [0.05, 0.1) is 46.4 Å². The van der Waals surface area contributed by atoms with E-state index in [9.17, 15) is 14.6 Å². The number of aliphatic hydroxyl groups excluding tert-OH is 1. The van der Waals surface area contributed by atoms with Gasteiger partial charge in [0.25, 0.3) is 0 Å². The van der Waals surface area contributed by atoms with Crippen molar-refractivity contribution < 1.29 is 22.1 Å². The average Bonchev–Trinajstić information content (AvgIpc) is 3.00. The topological polar surface area (TPSA) is 80.6 Å². The van der Waals surface area contributed by atoms with Gasteiger partial charge in [-0.3, -0.25) is 0 Å². The molecule has 1 heterocycles. The second kappa shape index (κ2) is 8.31. The molecule has 0 amide bonds. The summed E-state index contributed by atoms with van der Waals surface area (Å²) < 4.78 is 37.0. The van der Waals surface area contributed by atoms with Crippen molar-refractivity contribution in [3.05, 3.63) is 65.6 Å². The van der Waals surface area contributed by atoms with Crippen LogP contribution in [0, 0.1) is 5.82 Å². The van der Waals surface area contributed by atoms with Gasteiger partial charge in [-0.25, -0.2) is 4.39 Å². The van der Waals surface area contributed by atoms with E-state index < -0.39 is 23.9 Å². The molecule has 0 fully saturated rings. The molecule has 1 aromatic heterocycles. The molecule has 0 unspecified atom stereocenters. The molecular formula is C22H27FN2O3. The van der Waals surface area contributed by atoms with Crippen molar-refractivity contribution in [3.63, 3.8) is 0 Å². The Labute approximate surface area is 167 Å². The lowest BCUT2D eigenvalue weighted by molar-refractivity contribution is 0.0201. The van der Waals surface area contributed by atoms with Crippen LogP contribution in [0.3, 0.4) is 0 Å². The Balaban J connectivity index is 1.88. The fourth-order valence-corrected chi connectivity index (χ4v) is 3.22. The summed E-state index contributed by atoms with van der Waals surface area (Å²) in [6.45, 7) is 0.977. The Morgan fingerprint density at radius 2 is 1.96 bits per heavy atom. The molecule has 150 valence electrons. The molecule has 3 aromatic rings. The summed E-state index contributed by atoms with van der Waals surface area (Å²) in [5.74, 6) is -0.604. The number of fused-ring (bicyclic) bond motifs is 1. The van der Waals surface area contributed by atoms with Crippen molar-refractivity contribution in [2.75, 3.05) is 18.9 Å². The van der Waals surface area contributed by atoms with Crippen molar-refractivity contribution >= 4 is 16.6 Å². The van der Waals surface area contributed by atoms with Gasteiger partial charge in [-0.05, 0) is 17.7 Å². The van der Waals surface area contributed by atoms with Crippen LogP contribution in [0.4, 0.5) is 10.1 Å². The number of ether oxygens (including phenoxy) is 1. The van der Waals surface area contributed by atoms with Crippen LogP contribution in [-0.4, -0.2) is 34.0 Å². The molecule has 4 N–H and O–H groups in total. The van der Waals surface area contributed by atoms with E-state index in [1.54, 1.807) is 24.5 Å². The van der Waals surface area contributed by atoms with Crippen molar-refractivity contribution in [3.8, 4) is 0 Å². The van der Waals surface area contributed by atoms with Gasteiger partial charge in [0.1, 0.15) is 5.82 Å². The Morgan fingerprint density at radius 1 is 1.25 bits per heavy atom. The molecule has 0 aliphatic carbocycles. The summed E-state index contributed by atoms with van der Waals surface area (Å²) in [7, 11) is 0. The highest BCUT2D eigenvalue weighted by molar-refractivity contribution is 5.85. The summed E-state index contributed by atoms with van der Waals surface area (Å²) in [4.78, 5) is 0. The van der Waals surface area contributed by atoms with E-state index in [0.717, 1.165) is 5.56 Å². The zero-order valence-corrected chi connectivity index (χ0v) is 16.0. The number of nitrogens with zero attached hydrogens (tertiary/aromatic N) is 1. The molecule has 0 saturated heterocycles. The molecule has 0 aliphatic rings. The van der Waals surface area contributed by atoms with Crippen LogP contribution in [0.25, 0.3) is 10.9 Å². The number of rotatable bonds is 8. The van der Waals surface area contributed by atoms with Crippen molar-refractivity contribution in [2.24, 2.45) is 0 Å². The standard InChI is InChI=1S/C22H27FN2O3/c1-22(2,14-26)21-9-16-8-19(24)18(23)10-20(16)25(21)11-17(27)13-28-12-15-6-4-3-5-7-15/h3-10,17,26-27H,11-14,24H2,1-2H3/t17-/m1/s1/i14D2. The predicted octanol–water partition coefficient (Wildman–Crippen LogP) is 3.21. The van der Waals surface area contributed by atoms with Crippen molar-refractivity contribution in [2.45, 2.75) is 38.5 Å². The van der Waals surface area contributed by atoms with Gasteiger partial charge in [-0.1, -0.05) is 44.2 Å². The highest BCUT2D eigenvalue weighted by Gasteiger charge is 2.26. The van der Waals surface area contributed by atoms with Crippen LogP contribution < -0.4 is 5.73 Å². The van der Waals surface area contributed by atoms with Crippen LogP contribution in [0.1, 0.15) is 27.8 Å². The number of halogens is 1. The van der Waals surface area contributed by atoms with E-state index in [1.807, 2.05) is 30.3 Å². The molecule has 2 aromatic carbocycles. The first-order valence-corrected chi connectivity index (χ1v) is 9.11. The number of aromatic nitrogens is 1. The highest BCUT2D eigenvalue weighted by Crippen LogP contribution is 2.32. The van der Waals surface area contributed by atoms with Crippen molar-refractivity contribution in [1.29, 1.82) is 0 Å². The number of nitrogen functional groups attached to an aromatic ring is 1. The molecule has 3 rings (SSSR count). The zero-order chi connectivity index (χ0) is 22.1. The van der Waals surface area contributed by atoms with Crippen LogP contribution >= 0.6 is 0 Å². The molecule has 5 nitrogen and oxygen atoms in total. The van der Waals surface area contributed by atoms with Gasteiger partial charge in [0.2, 0.25) is 0 Å². The summed E-state index contributed by atoms with van der Waals surface area (Å²) in [6, 6.07) is 13.9. The number of aliphatic hydroxyl groups is 2.